The first kappa shape index (κ1) is 13.1. The summed E-state index contributed by atoms with van der Waals surface area (Å²) in [5.41, 5.74) is 6.93. The lowest BCUT2D eigenvalue weighted by atomic mass is 10.1. The van der Waals surface area contributed by atoms with Crippen LogP contribution in [0.5, 0.6) is 0 Å². The van der Waals surface area contributed by atoms with Crippen LogP contribution < -0.4 is 5.73 Å². The minimum absolute atomic E-state index is 0.0357. The van der Waals surface area contributed by atoms with Gasteiger partial charge in [-0.15, -0.1) is 0 Å². The summed E-state index contributed by atoms with van der Waals surface area (Å²) in [6.45, 7) is 1.82. The van der Waals surface area contributed by atoms with Crippen molar-refractivity contribution in [3.8, 4) is 0 Å². The van der Waals surface area contributed by atoms with Crippen molar-refractivity contribution in [2.45, 2.75) is 19.1 Å². The number of nitrogens with two attached hydrogens (primary N) is 1. The number of rotatable bonds is 4. The second-order valence-electron chi connectivity index (χ2n) is 4.09. The monoisotopic (exact) mass is 270 g/mol. The Balaban J connectivity index is 2.00. The standard InChI is InChI=1S/C12H15ClN2O3/c13-11-5-8(12(14)15-16)1-2-9(11)6-18-10-3-4-17-7-10/h1-2,5,10,16H,3-4,6-7H2,(H2,14,15). The van der Waals surface area contributed by atoms with Gasteiger partial charge in [0.15, 0.2) is 5.84 Å². The normalized spacial score (nSPS) is 20.3. The molecule has 0 amide bonds. The van der Waals surface area contributed by atoms with Crippen LogP contribution in [0.25, 0.3) is 0 Å². The molecule has 1 fully saturated rings. The molecule has 1 unspecified atom stereocenters. The molecule has 1 atom stereocenters. The third-order valence-electron chi connectivity index (χ3n) is 2.82. The molecule has 6 heteroatoms. The number of hydrogen-bond acceptors (Lipinski definition) is 4. The van der Waals surface area contributed by atoms with Gasteiger partial charge in [0.25, 0.3) is 0 Å². The zero-order valence-electron chi connectivity index (χ0n) is 9.80. The van der Waals surface area contributed by atoms with Crippen molar-refractivity contribution in [2.75, 3.05) is 13.2 Å². The molecular weight excluding hydrogens is 256 g/mol. The first-order valence-corrected chi connectivity index (χ1v) is 6.04. The largest absolute Gasteiger partial charge is 0.409 e. The van der Waals surface area contributed by atoms with Crippen molar-refractivity contribution in [3.05, 3.63) is 34.3 Å². The molecule has 1 aromatic carbocycles. The first-order chi connectivity index (χ1) is 8.70. The summed E-state index contributed by atoms with van der Waals surface area (Å²) >= 11 is 6.11. The Labute approximate surface area is 110 Å². The summed E-state index contributed by atoms with van der Waals surface area (Å²) in [5.74, 6) is 0.0357. The van der Waals surface area contributed by atoms with E-state index in [1.54, 1.807) is 12.1 Å². The zero-order chi connectivity index (χ0) is 13.0. The van der Waals surface area contributed by atoms with Crippen molar-refractivity contribution < 1.29 is 14.7 Å². The number of halogens is 1. The van der Waals surface area contributed by atoms with Crippen LogP contribution in [0.4, 0.5) is 0 Å². The van der Waals surface area contributed by atoms with Crippen LogP contribution in [-0.2, 0) is 16.1 Å². The zero-order valence-corrected chi connectivity index (χ0v) is 10.6. The van der Waals surface area contributed by atoms with Crippen LogP contribution in [0.1, 0.15) is 17.5 Å². The van der Waals surface area contributed by atoms with Gasteiger partial charge in [-0.3, -0.25) is 0 Å². The Morgan fingerprint density at radius 2 is 2.44 bits per heavy atom. The highest BCUT2D eigenvalue weighted by molar-refractivity contribution is 6.31. The molecule has 18 heavy (non-hydrogen) atoms. The smallest absolute Gasteiger partial charge is 0.170 e. The Kier molecular flexibility index (Phi) is 4.41. The highest BCUT2D eigenvalue weighted by Gasteiger charge is 2.16. The molecule has 3 N–H and O–H groups in total. The molecule has 0 aliphatic carbocycles. The maximum Gasteiger partial charge on any atom is 0.170 e. The Morgan fingerprint density at radius 3 is 3.06 bits per heavy atom. The molecule has 1 aliphatic rings. The van der Waals surface area contributed by atoms with Gasteiger partial charge >= 0.3 is 0 Å². The van der Waals surface area contributed by atoms with E-state index in [1.165, 1.54) is 0 Å². The van der Waals surface area contributed by atoms with Gasteiger partial charge in [0.05, 0.1) is 19.3 Å². The van der Waals surface area contributed by atoms with Crippen molar-refractivity contribution >= 4 is 17.4 Å². The van der Waals surface area contributed by atoms with Gasteiger partial charge in [-0.1, -0.05) is 28.9 Å². The summed E-state index contributed by atoms with van der Waals surface area (Å²) < 4.78 is 10.9. The highest BCUT2D eigenvalue weighted by Crippen LogP contribution is 2.20. The summed E-state index contributed by atoms with van der Waals surface area (Å²) in [5, 5.41) is 12.0. The van der Waals surface area contributed by atoms with Crippen molar-refractivity contribution in [1.82, 2.24) is 0 Å². The van der Waals surface area contributed by atoms with E-state index in [4.69, 9.17) is 32.0 Å². The maximum atomic E-state index is 8.58. The van der Waals surface area contributed by atoms with Gasteiger partial charge in [-0.2, -0.15) is 0 Å². The second kappa shape index (κ2) is 6.04. The van der Waals surface area contributed by atoms with E-state index < -0.39 is 0 Å². The third-order valence-corrected chi connectivity index (χ3v) is 3.17. The van der Waals surface area contributed by atoms with Crippen LogP contribution in [0, 0.1) is 0 Å². The van der Waals surface area contributed by atoms with Gasteiger partial charge < -0.3 is 20.4 Å². The van der Waals surface area contributed by atoms with Gasteiger partial charge in [0, 0.05) is 17.2 Å². The van der Waals surface area contributed by atoms with Crippen LogP contribution in [-0.4, -0.2) is 30.4 Å². The lowest BCUT2D eigenvalue weighted by molar-refractivity contribution is 0.0318. The summed E-state index contributed by atoms with van der Waals surface area (Å²) in [6, 6.07) is 5.21. The molecule has 1 heterocycles. The number of ether oxygens (including phenoxy) is 2. The predicted octanol–water partition coefficient (Wildman–Crippen LogP) is 1.74. The van der Waals surface area contributed by atoms with Crippen LogP contribution in [0.2, 0.25) is 5.02 Å². The second-order valence-corrected chi connectivity index (χ2v) is 4.50. The minimum atomic E-state index is 0.0357. The maximum absolute atomic E-state index is 8.58. The molecule has 0 saturated carbocycles. The molecule has 5 nitrogen and oxygen atoms in total. The highest BCUT2D eigenvalue weighted by atomic mass is 35.5. The average molecular weight is 271 g/mol. The lowest BCUT2D eigenvalue weighted by Crippen LogP contribution is -2.14. The van der Waals surface area contributed by atoms with E-state index >= 15 is 0 Å². The van der Waals surface area contributed by atoms with E-state index in [0.717, 1.165) is 18.6 Å². The number of amidine groups is 1. The number of nitrogens with zero attached hydrogens (tertiary/aromatic N) is 1. The van der Waals surface area contributed by atoms with E-state index in [9.17, 15) is 0 Å². The van der Waals surface area contributed by atoms with Crippen LogP contribution in [0.15, 0.2) is 23.4 Å². The lowest BCUT2D eigenvalue weighted by Gasteiger charge is -2.11. The summed E-state index contributed by atoms with van der Waals surface area (Å²) in [7, 11) is 0. The van der Waals surface area contributed by atoms with Crippen molar-refractivity contribution in [3.63, 3.8) is 0 Å². The van der Waals surface area contributed by atoms with Gasteiger partial charge in [-0.05, 0) is 18.1 Å². The molecule has 0 aromatic heterocycles. The first-order valence-electron chi connectivity index (χ1n) is 5.66. The molecule has 98 valence electrons. The minimum Gasteiger partial charge on any atom is -0.409 e. The number of hydrogen-bond donors (Lipinski definition) is 2. The van der Waals surface area contributed by atoms with Gasteiger partial charge in [0.2, 0.25) is 0 Å². The molecule has 0 spiro atoms. The Bertz CT molecular complexity index is 445. The molecule has 0 bridgehead atoms. The summed E-state index contributed by atoms with van der Waals surface area (Å²) in [6.07, 6.45) is 1.06. The third kappa shape index (κ3) is 3.13. The SMILES string of the molecule is N/C(=N/O)c1ccc(COC2CCOC2)c(Cl)c1. The molecule has 2 rings (SSSR count). The number of benzene rings is 1. The predicted molar refractivity (Wildman–Crippen MR) is 68.0 cm³/mol. The molecular formula is C12H15ClN2O3. The van der Waals surface area contributed by atoms with E-state index in [1.807, 2.05) is 6.07 Å². The Hall–Kier alpha value is -1.30. The average Bonchev–Trinajstić information content (AvgIpc) is 2.89. The van der Waals surface area contributed by atoms with E-state index in [2.05, 4.69) is 5.16 Å². The van der Waals surface area contributed by atoms with Gasteiger partial charge in [-0.25, -0.2) is 0 Å². The molecule has 0 radical (unpaired) electrons. The van der Waals surface area contributed by atoms with Crippen LogP contribution in [0.3, 0.4) is 0 Å². The molecule has 1 aliphatic heterocycles. The van der Waals surface area contributed by atoms with Gasteiger partial charge in [0.1, 0.15) is 0 Å². The molecule has 1 saturated heterocycles. The van der Waals surface area contributed by atoms with Crippen molar-refractivity contribution in [2.24, 2.45) is 10.9 Å². The fraction of sp³-hybridized carbons (Fsp3) is 0.417. The summed E-state index contributed by atoms with van der Waals surface area (Å²) in [4.78, 5) is 0. The quantitative estimate of drug-likeness (QED) is 0.378. The number of oxime groups is 1. The topological polar surface area (TPSA) is 77.1 Å². The Morgan fingerprint density at radius 1 is 1.61 bits per heavy atom. The fourth-order valence-corrected chi connectivity index (χ4v) is 1.97. The van der Waals surface area contributed by atoms with Crippen molar-refractivity contribution in [1.29, 1.82) is 0 Å². The van der Waals surface area contributed by atoms with E-state index in [-0.39, 0.29) is 11.9 Å². The molecule has 1 aromatic rings. The van der Waals surface area contributed by atoms with Crippen LogP contribution >= 0.6 is 11.6 Å². The fourth-order valence-electron chi connectivity index (χ4n) is 1.73. The van der Waals surface area contributed by atoms with E-state index in [0.29, 0.717) is 23.8 Å².